The third-order valence-corrected chi connectivity index (χ3v) is 3.42. The molecule has 25 heavy (non-hydrogen) atoms. The molecule has 2 N–H and O–H groups in total. The lowest BCUT2D eigenvalue weighted by Crippen LogP contribution is -2.38. The number of aryl methyl sites for hydroxylation is 2. The second kappa shape index (κ2) is 12.8. The zero-order chi connectivity index (χ0) is 17.0. The summed E-state index contributed by atoms with van der Waals surface area (Å²) in [7, 11) is 1.78. The fraction of sp³-hybridized carbons (Fsp3) is 0.529. The van der Waals surface area contributed by atoms with Crippen molar-refractivity contribution in [3.63, 3.8) is 0 Å². The van der Waals surface area contributed by atoms with Crippen molar-refractivity contribution in [3.05, 3.63) is 42.1 Å². The summed E-state index contributed by atoms with van der Waals surface area (Å²) in [6, 6.07) is 3.78. The van der Waals surface area contributed by atoms with Gasteiger partial charge in [0, 0.05) is 39.5 Å². The molecule has 0 aliphatic heterocycles. The van der Waals surface area contributed by atoms with Crippen LogP contribution in [0, 0.1) is 6.92 Å². The number of halogens is 1. The molecule has 0 fully saturated rings. The molecule has 0 atom stereocenters. The van der Waals surface area contributed by atoms with Crippen molar-refractivity contribution >= 4 is 29.9 Å². The van der Waals surface area contributed by atoms with E-state index in [2.05, 4.69) is 26.9 Å². The summed E-state index contributed by atoms with van der Waals surface area (Å²) in [6.45, 7) is 5.82. The molecule has 2 heterocycles. The van der Waals surface area contributed by atoms with Gasteiger partial charge in [-0.15, -0.1) is 24.0 Å². The molecule has 0 bridgehead atoms. The quantitative estimate of drug-likeness (QED) is 0.246. The predicted octanol–water partition coefficient (Wildman–Crippen LogP) is 2.56. The van der Waals surface area contributed by atoms with Crippen LogP contribution in [0.25, 0.3) is 0 Å². The Morgan fingerprint density at radius 3 is 2.76 bits per heavy atom. The van der Waals surface area contributed by atoms with Crippen molar-refractivity contribution in [3.8, 4) is 0 Å². The number of guanidine groups is 1. The molecule has 0 saturated carbocycles. The van der Waals surface area contributed by atoms with Crippen LogP contribution in [0.5, 0.6) is 0 Å². The molecule has 140 valence electrons. The van der Waals surface area contributed by atoms with Gasteiger partial charge < -0.3 is 19.8 Å². The van der Waals surface area contributed by atoms with Crippen molar-refractivity contribution < 1.29 is 9.15 Å². The third kappa shape index (κ3) is 8.92. The Bertz CT molecular complexity index is 598. The Balaban J connectivity index is 0.00000312. The maximum absolute atomic E-state index is 5.54. The second-order valence-electron chi connectivity index (χ2n) is 5.55. The molecule has 2 aromatic rings. The van der Waals surface area contributed by atoms with E-state index in [4.69, 9.17) is 9.15 Å². The fourth-order valence-electron chi connectivity index (χ4n) is 2.21. The molecule has 8 heteroatoms. The molecule has 2 aromatic heterocycles. The minimum absolute atomic E-state index is 0. The lowest BCUT2D eigenvalue weighted by molar-refractivity contribution is 0.105. The molecule has 0 aliphatic carbocycles. The van der Waals surface area contributed by atoms with E-state index in [0.29, 0.717) is 13.2 Å². The van der Waals surface area contributed by atoms with Crippen molar-refractivity contribution in [2.24, 2.45) is 4.99 Å². The Kier molecular flexibility index (Phi) is 11.0. The van der Waals surface area contributed by atoms with E-state index in [1.54, 1.807) is 13.3 Å². The van der Waals surface area contributed by atoms with Gasteiger partial charge in [0.15, 0.2) is 5.96 Å². The highest BCUT2D eigenvalue weighted by Crippen LogP contribution is 2.01. The largest absolute Gasteiger partial charge is 0.467 e. The molecule has 0 aliphatic rings. The Hall–Kier alpha value is -1.55. The van der Waals surface area contributed by atoms with Crippen LogP contribution in [0.2, 0.25) is 0 Å². The molecule has 0 amide bonds. The first-order valence-electron chi connectivity index (χ1n) is 8.31. The van der Waals surface area contributed by atoms with E-state index in [9.17, 15) is 0 Å². The topological polar surface area (TPSA) is 76.6 Å². The van der Waals surface area contributed by atoms with Gasteiger partial charge in [-0.2, -0.15) is 5.10 Å². The minimum Gasteiger partial charge on any atom is -0.467 e. The maximum Gasteiger partial charge on any atom is 0.190 e. The van der Waals surface area contributed by atoms with Gasteiger partial charge in [0.1, 0.15) is 12.4 Å². The van der Waals surface area contributed by atoms with Crippen LogP contribution in [0.4, 0.5) is 0 Å². The normalized spacial score (nSPS) is 11.2. The SMILES string of the molecule is CN=C(NCCCOCc1ccco1)NCCCn1cc(C)cn1.I. The molecule has 0 saturated heterocycles. The van der Waals surface area contributed by atoms with Crippen molar-refractivity contribution in [2.75, 3.05) is 26.7 Å². The number of aliphatic imine (C=N–C) groups is 1. The van der Waals surface area contributed by atoms with Gasteiger partial charge in [0.2, 0.25) is 0 Å². The fourth-order valence-corrected chi connectivity index (χ4v) is 2.21. The monoisotopic (exact) mass is 461 g/mol. The molecular weight excluding hydrogens is 433 g/mol. The highest BCUT2D eigenvalue weighted by atomic mass is 127. The zero-order valence-corrected chi connectivity index (χ0v) is 17.2. The summed E-state index contributed by atoms with van der Waals surface area (Å²) >= 11 is 0. The summed E-state index contributed by atoms with van der Waals surface area (Å²) in [4.78, 5) is 4.21. The molecule has 7 nitrogen and oxygen atoms in total. The van der Waals surface area contributed by atoms with Gasteiger partial charge in [0.25, 0.3) is 0 Å². The predicted molar refractivity (Wildman–Crippen MR) is 109 cm³/mol. The lowest BCUT2D eigenvalue weighted by atomic mass is 10.4. The van der Waals surface area contributed by atoms with Crippen LogP contribution in [-0.2, 0) is 17.9 Å². The van der Waals surface area contributed by atoms with Crippen LogP contribution in [0.1, 0.15) is 24.2 Å². The van der Waals surface area contributed by atoms with E-state index >= 15 is 0 Å². The van der Waals surface area contributed by atoms with Gasteiger partial charge in [-0.05, 0) is 37.5 Å². The number of aromatic nitrogens is 2. The average molecular weight is 461 g/mol. The third-order valence-electron chi connectivity index (χ3n) is 3.42. The number of nitrogens with one attached hydrogen (secondary N) is 2. The second-order valence-corrected chi connectivity index (χ2v) is 5.55. The van der Waals surface area contributed by atoms with Crippen LogP contribution in [0.3, 0.4) is 0 Å². The van der Waals surface area contributed by atoms with Gasteiger partial charge in [-0.3, -0.25) is 9.67 Å². The molecule has 0 radical (unpaired) electrons. The van der Waals surface area contributed by atoms with Crippen LogP contribution in [0.15, 0.2) is 40.2 Å². The highest BCUT2D eigenvalue weighted by Gasteiger charge is 1.99. The van der Waals surface area contributed by atoms with Crippen molar-refractivity contribution in [1.29, 1.82) is 0 Å². The summed E-state index contributed by atoms with van der Waals surface area (Å²) < 4.78 is 12.7. The molecule has 0 spiro atoms. The number of furan rings is 1. The molecule has 2 rings (SSSR count). The van der Waals surface area contributed by atoms with Crippen LogP contribution < -0.4 is 10.6 Å². The first-order valence-corrected chi connectivity index (χ1v) is 8.31. The minimum atomic E-state index is 0. The smallest absolute Gasteiger partial charge is 0.190 e. The summed E-state index contributed by atoms with van der Waals surface area (Å²) in [5, 5.41) is 10.9. The number of ether oxygens (including phenoxy) is 1. The van der Waals surface area contributed by atoms with E-state index in [-0.39, 0.29) is 24.0 Å². The molecule has 0 aromatic carbocycles. The molecule has 0 unspecified atom stereocenters. The standard InChI is InChI=1S/C17H27N5O2.HI/c1-15-12-21-22(13-15)9-4-7-19-17(18-2)20-8-5-10-23-14-16-6-3-11-24-16;/h3,6,11-13H,4-5,7-10,14H2,1-2H3,(H2,18,19,20);1H. The van der Waals surface area contributed by atoms with E-state index in [0.717, 1.165) is 44.2 Å². The van der Waals surface area contributed by atoms with Crippen LogP contribution in [-0.4, -0.2) is 42.5 Å². The maximum atomic E-state index is 5.54. The molecular formula is C17H28IN5O2. The van der Waals surface area contributed by atoms with Gasteiger partial charge in [0.05, 0.1) is 12.5 Å². The highest BCUT2D eigenvalue weighted by molar-refractivity contribution is 14.0. The van der Waals surface area contributed by atoms with Gasteiger partial charge in [-0.25, -0.2) is 0 Å². The Morgan fingerprint density at radius 2 is 2.12 bits per heavy atom. The van der Waals surface area contributed by atoms with Gasteiger partial charge in [-0.1, -0.05) is 0 Å². The summed E-state index contributed by atoms with van der Waals surface area (Å²) in [5.41, 5.74) is 1.19. The van der Waals surface area contributed by atoms with Crippen LogP contribution >= 0.6 is 24.0 Å². The lowest BCUT2D eigenvalue weighted by Gasteiger charge is -2.11. The van der Waals surface area contributed by atoms with Gasteiger partial charge >= 0.3 is 0 Å². The zero-order valence-electron chi connectivity index (χ0n) is 14.9. The number of hydrogen-bond acceptors (Lipinski definition) is 4. The number of nitrogens with zero attached hydrogens (tertiary/aromatic N) is 3. The Labute approximate surface area is 166 Å². The first-order chi connectivity index (χ1) is 11.8. The van der Waals surface area contributed by atoms with E-state index in [1.807, 2.05) is 29.9 Å². The van der Waals surface area contributed by atoms with E-state index < -0.39 is 0 Å². The number of rotatable bonds is 10. The first kappa shape index (κ1) is 21.5. The van der Waals surface area contributed by atoms with Crippen molar-refractivity contribution in [1.82, 2.24) is 20.4 Å². The Morgan fingerprint density at radius 1 is 1.32 bits per heavy atom. The summed E-state index contributed by atoms with van der Waals surface area (Å²) in [5.74, 6) is 1.67. The van der Waals surface area contributed by atoms with E-state index in [1.165, 1.54) is 5.56 Å². The average Bonchev–Trinajstić information content (AvgIpc) is 3.24. The van der Waals surface area contributed by atoms with Crippen molar-refractivity contribution in [2.45, 2.75) is 32.9 Å². The summed E-state index contributed by atoms with van der Waals surface area (Å²) in [6.07, 6.45) is 7.49. The number of hydrogen-bond donors (Lipinski definition) is 2.